The molecule has 1 heterocycles. The van der Waals surface area contributed by atoms with Crippen molar-refractivity contribution >= 4 is 22.7 Å². The normalized spacial score (nSPS) is 11.5. The summed E-state index contributed by atoms with van der Waals surface area (Å²) in [5, 5.41) is 4.07. The quantitative estimate of drug-likeness (QED) is 0.704. The lowest BCUT2D eigenvalue weighted by Gasteiger charge is -2.15. The molecular weight excluding hydrogens is 350 g/mol. The van der Waals surface area contributed by atoms with E-state index in [2.05, 4.69) is 31.3 Å². The second kappa shape index (κ2) is 8.74. The molecule has 5 nitrogen and oxygen atoms in total. The van der Waals surface area contributed by atoms with Crippen molar-refractivity contribution in [3.8, 4) is 0 Å². The van der Waals surface area contributed by atoms with E-state index >= 15 is 0 Å². The zero-order valence-electron chi connectivity index (χ0n) is 17.5. The zero-order chi connectivity index (χ0) is 21.0. The van der Waals surface area contributed by atoms with E-state index < -0.39 is 5.91 Å². The van der Waals surface area contributed by atoms with E-state index in [1.54, 1.807) is 24.3 Å². The minimum atomic E-state index is -0.464. The maximum Gasteiger partial charge on any atom is 0.268 e. The lowest BCUT2D eigenvalue weighted by molar-refractivity contribution is 0.0930. The summed E-state index contributed by atoms with van der Waals surface area (Å²) in [4.78, 5) is 23.9. The third kappa shape index (κ3) is 4.25. The van der Waals surface area contributed by atoms with Gasteiger partial charge in [-0.25, -0.2) is 0 Å². The molecule has 0 spiro atoms. The number of benzene rings is 2. The Morgan fingerprint density at radius 1 is 1.00 bits per heavy atom. The number of aryl methyl sites for hydroxylation is 3. The van der Waals surface area contributed by atoms with Gasteiger partial charge < -0.3 is 15.6 Å². The van der Waals surface area contributed by atoms with Crippen LogP contribution >= 0.6 is 0 Å². The monoisotopic (exact) mass is 379 g/mol. The van der Waals surface area contributed by atoms with Crippen molar-refractivity contribution in [3.63, 3.8) is 0 Å². The molecule has 2 aromatic carbocycles. The molecule has 0 bridgehead atoms. The standard InChI is InChI=1S/C21H23N3O2.C2H6/c1-12-9-17-11-19(24(4)18(17)10-13(12)2)21(26)23-14(3)15-5-7-16(8-6-15)20(22)25;1-2/h5-11,14H,1-4H3,(H2,22,25)(H,23,26);1-2H3. The minimum Gasteiger partial charge on any atom is -0.366 e. The van der Waals surface area contributed by atoms with Gasteiger partial charge in [-0.2, -0.15) is 0 Å². The van der Waals surface area contributed by atoms with Gasteiger partial charge in [0.25, 0.3) is 5.91 Å². The van der Waals surface area contributed by atoms with E-state index in [1.807, 2.05) is 38.5 Å². The Balaban J connectivity index is 0.00000136. The molecular formula is C23H29N3O2. The molecule has 1 unspecified atom stereocenters. The topological polar surface area (TPSA) is 77.1 Å². The van der Waals surface area contributed by atoms with E-state index in [0.717, 1.165) is 16.5 Å². The number of carbonyl (C=O) groups excluding carboxylic acids is 2. The SMILES string of the molecule is CC.Cc1cc2cc(C(=O)NC(C)c3ccc(C(N)=O)cc3)n(C)c2cc1C. The zero-order valence-corrected chi connectivity index (χ0v) is 17.5. The number of hydrogen-bond acceptors (Lipinski definition) is 2. The molecule has 0 fully saturated rings. The van der Waals surface area contributed by atoms with Crippen LogP contribution in [0.25, 0.3) is 10.9 Å². The average Bonchev–Trinajstić information content (AvgIpc) is 2.99. The van der Waals surface area contributed by atoms with Gasteiger partial charge in [-0.05, 0) is 67.8 Å². The summed E-state index contributed by atoms with van der Waals surface area (Å²) in [6.45, 7) is 10.0. The third-order valence-electron chi connectivity index (χ3n) is 4.93. The second-order valence-electron chi connectivity index (χ2n) is 6.77. The predicted molar refractivity (Wildman–Crippen MR) is 115 cm³/mol. The molecule has 0 aliphatic rings. The molecule has 0 radical (unpaired) electrons. The molecule has 0 saturated heterocycles. The van der Waals surface area contributed by atoms with Gasteiger partial charge in [-0.3, -0.25) is 9.59 Å². The lowest BCUT2D eigenvalue weighted by atomic mass is 10.1. The number of fused-ring (bicyclic) bond motifs is 1. The van der Waals surface area contributed by atoms with Gasteiger partial charge in [0.15, 0.2) is 0 Å². The summed E-state index contributed by atoms with van der Waals surface area (Å²) in [5.41, 5.74) is 10.7. The Kier molecular flexibility index (Phi) is 6.62. The van der Waals surface area contributed by atoms with Gasteiger partial charge in [-0.1, -0.05) is 26.0 Å². The van der Waals surface area contributed by atoms with Gasteiger partial charge in [0.05, 0.1) is 6.04 Å². The Bertz CT molecular complexity index is 1000. The molecule has 148 valence electrons. The van der Waals surface area contributed by atoms with Crippen LogP contribution in [0.3, 0.4) is 0 Å². The van der Waals surface area contributed by atoms with E-state index in [-0.39, 0.29) is 11.9 Å². The Morgan fingerprint density at radius 2 is 1.57 bits per heavy atom. The number of amides is 2. The summed E-state index contributed by atoms with van der Waals surface area (Å²) in [7, 11) is 1.90. The number of primary amides is 1. The van der Waals surface area contributed by atoms with E-state index in [1.165, 1.54) is 11.1 Å². The van der Waals surface area contributed by atoms with Crippen LogP contribution in [0.4, 0.5) is 0 Å². The van der Waals surface area contributed by atoms with Gasteiger partial charge in [0.2, 0.25) is 5.91 Å². The Hall–Kier alpha value is -3.08. The molecule has 3 N–H and O–H groups in total. The number of aromatic nitrogens is 1. The molecule has 2 amide bonds. The highest BCUT2D eigenvalue weighted by Gasteiger charge is 2.17. The van der Waals surface area contributed by atoms with Crippen molar-refractivity contribution < 1.29 is 9.59 Å². The van der Waals surface area contributed by atoms with E-state index in [4.69, 9.17) is 5.73 Å². The predicted octanol–water partition coefficient (Wildman–Crippen LogP) is 4.41. The van der Waals surface area contributed by atoms with Crippen molar-refractivity contribution in [3.05, 3.63) is 70.4 Å². The minimum absolute atomic E-state index is 0.134. The number of carbonyl (C=O) groups is 2. The first-order valence-corrected chi connectivity index (χ1v) is 9.55. The molecule has 0 aliphatic heterocycles. The summed E-state index contributed by atoms with van der Waals surface area (Å²) < 4.78 is 1.92. The molecule has 1 aromatic heterocycles. The van der Waals surface area contributed by atoms with Crippen LogP contribution in [0.15, 0.2) is 42.5 Å². The number of nitrogens with zero attached hydrogens (tertiary/aromatic N) is 1. The van der Waals surface area contributed by atoms with Gasteiger partial charge in [0.1, 0.15) is 5.69 Å². The highest BCUT2D eigenvalue weighted by Crippen LogP contribution is 2.23. The number of rotatable bonds is 4. The van der Waals surface area contributed by atoms with Gasteiger partial charge in [-0.15, -0.1) is 0 Å². The maximum atomic E-state index is 12.8. The fourth-order valence-electron chi connectivity index (χ4n) is 3.11. The molecule has 1 atom stereocenters. The number of hydrogen-bond donors (Lipinski definition) is 2. The maximum absolute atomic E-state index is 12.8. The highest BCUT2D eigenvalue weighted by molar-refractivity contribution is 5.99. The molecule has 3 aromatic rings. The van der Waals surface area contributed by atoms with Crippen LogP contribution < -0.4 is 11.1 Å². The van der Waals surface area contributed by atoms with Crippen molar-refractivity contribution in [2.45, 2.75) is 40.7 Å². The van der Waals surface area contributed by atoms with E-state index in [0.29, 0.717) is 11.3 Å². The molecule has 3 rings (SSSR count). The van der Waals surface area contributed by atoms with Crippen molar-refractivity contribution in [1.29, 1.82) is 0 Å². The number of nitrogens with two attached hydrogens (primary N) is 1. The Morgan fingerprint density at radius 3 is 2.14 bits per heavy atom. The average molecular weight is 380 g/mol. The van der Waals surface area contributed by atoms with Crippen LogP contribution in [0.5, 0.6) is 0 Å². The highest BCUT2D eigenvalue weighted by atomic mass is 16.2. The number of nitrogens with one attached hydrogen (secondary N) is 1. The molecule has 0 aliphatic carbocycles. The van der Waals surface area contributed by atoms with Crippen LogP contribution in [0, 0.1) is 13.8 Å². The lowest BCUT2D eigenvalue weighted by Crippen LogP contribution is -2.28. The van der Waals surface area contributed by atoms with Crippen LogP contribution in [-0.2, 0) is 7.05 Å². The third-order valence-corrected chi connectivity index (χ3v) is 4.93. The van der Waals surface area contributed by atoms with Crippen molar-refractivity contribution in [2.24, 2.45) is 12.8 Å². The van der Waals surface area contributed by atoms with Crippen LogP contribution in [0.1, 0.15) is 64.3 Å². The molecule has 0 saturated carbocycles. The van der Waals surface area contributed by atoms with Crippen molar-refractivity contribution in [1.82, 2.24) is 9.88 Å². The van der Waals surface area contributed by atoms with Gasteiger partial charge >= 0.3 is 0 Å². The smallest absolute Gasteiger partial charge is 0.268 e. The fraction of sp³-hybridized carbons (Fsp3) is 0.304. The molecule has 28 heavy (non-hydrogen) atoms. The summed E-state index contributed by atoms with van der Waals surface area (Å²) in [5.74, 6) is -0.597. The first kappa shape index (κ1) is 21.2. The second-order valence-corrected chi connectivity index (χ2v) is 6.77. The fourth-order valence-corrected chi connectivity index (χ4v) is 3.11. The summed E-state index contributed by atoms with van der Waals surface area (Å²) >= 11 is 0. The first-order chi connectivity index (χ1) is 13.3. The summed E-state index contributed by atoms with van der Waals surface area (Å²) in [6, 6.07) is 12.9. The first-order valence-electron chi connectivity index (χ1n) is 9.55. The van der Waals surface area contributed by atoms with E-state index in [9.17, 15) is 9.59 Å². The van der Waals surface area contributed by atoms with Crippen LogP contribution in [-0.4, -0.2) is 16.4 Å². The van der Waals surface area contributed by atoms with Crippen LogP contribution in [0.2, 0.25) is 0 Å². The van der Waals surface area contributed by atoms with Gasteiger partial charge in [0, 0.05) is 23.5 Å². The summed E-state index contributed by atoms with van der Waals surface area (Å²) in [6.07, 6.45) is 0. The molecule has 5 heteroatoms. The van der Waals surface area contributed by atoms with Crippen molar-refractivity contribution in [2.75, 3.05) is 0 Å². The Labute approximate surface area is 166 Å². The largest absolute Gasteiger partial charge is 0.366 e.